The predicted molar refractivity (Wildman–Crippen MR) is 104 cm³/mol. The van der Waals surface area contributed by atoms with E-state index in [0.717, 1.165) is 22.3 Å². The van der Waals surface area contributed by atoms with Crippen LogP contribution in [0.2, 0.25) is 5.02 Å². The van der Waals surface area contributed by atoms with Crippen molar-refractivity contribution in [3.05, 3.63) is 70.9 Å². The first-order chi connectivity index (χ1) is 12.5. The highest BCUT2D eigenvalue weighted by Gasteiger charge is 2.19. The van der Waals surface area contributed by atoms with Gasteiger partial charge in [0.2, 0.25) is 0 Å². The number of benzene rings is 2. The largest absolute Gasteiger partial charge is 0.459 e. The van der Waals surface area contributed by atoms with Gasteiger partial charge in [0.1, 0.15) is 11.3 Å². The van der Waals surface area contributed by atoms with Crippen LogP contribution in [0.5, 0.6) is 0 Å². The summed E-state index contributed by atoms with van der Waals surface area (Å²) in [7, 11) is 3.93. The molecule has 26 heavy (non-hydrogen) atoms. The number of halogens is 1. The normalized spacial score (nSPS) is 12.3. The van der Waals surface area contributed by atoms with Gasteiger partial charge in [-0.1, -0.05) is 41.9 Å². The van der Waals surface area contributed by atoms with Crippen LogP contribution < -0.4 is 10.6 Å². The van der Waals surface area contributed by atoms with Crippen molar-refractivity contribution in [3.63, 3.8) is 0 Å². The molecule has 1 atom stereocenters. The zero-order valence-electron chi connectivity index (χ0n) is 14.8. The fraction of sp³-hybridized carbons (Fsp3) is 0.250. The van der Waals surface area contributed by atoms with E-state index in [0.29, 0.717) is 18.1 Å². The number of carbonyl (C=O) groups excluding carboxylic acids is 1. The number of nitrogens with one attached hydrogen (secondary N) is 2. The van der Waals surface area contributed by atoms with Crippen molar-refractivity contribution in [1.82, 2.24) is 15.5 Å². The van der Waals surface area contributed by atoms with Gasteiger partial charge in [0, 0.05) is 23.5 Å². The Labute approximate surface area is 157 Å². The summed E-state index contributed by atoms with van der Waals surface area (Å²) in [6.07, 6.45) is 0. The van der Waals surface area contributed by atoms with Crippen molar-refractivity contribution >= 4 is 28.6 Å². The molecule has 0 aliphatic carbocycles. The molecule has 0 aliphatic rings. The lowest BCUT2D eigenvalue weighted by atomic mass is 10.2. The minimum Gasteiger partial charge on any atom is -0.459 e. The fourth-order valence-corrected chi connectivity index (χ4v) is 2.87. The zero-order chi connectivity index (χ0) is 18.5. The summed E-state index contributed by atoms with van der Waals surface area (Å²) in [4.78, 5) is 14.1. The summed E-state index contributed by atoms with van der Waals surface area (Å²) in [5.74, 6) is 0.828. The molecule has 2 aromatic carbocycles. The Balaban J connectivity index is 1.58. The molecule has 2 amide bonds. The van der Waals surface area contributed by atoms with Gasteiger partial charge in [-0.05, 0) is 43.9 Å². The van der Waals surface area contributed by atoms with E-state index < -0.39 is 0 Å². The summed E-state index contributed by atoms with van der Waals surface area (Å²) in [5.41, 5.74) is 1.84. The van der Waals surface area contributed by atoms with E-state index in [1.54, 1.807) is 12.1 Å². The highest BCUT2D eigenvalue weighted by atomic mass is 35.5. The number of para-hydroxylation sites is 1. The molecule has 136 valence electrons. The van der Waals surface area contributed by atoms with Crippen LogP contribution in [0.25, 0.3) is 11.0 Å². The van der Waals surface area contributed by atoms with E-state index in [1.807, 2.05) is 61.5 Å². The molecular formula is C20H22ClN3O2. The van der Waals surface area contributed by atoms with Crippen molar-refractivity contribution in [3.8, 4) is 0 Å². The van der Waals surface area contributed by atoms with Gasteiger partial charge in [-0.25, -0.2) is 4.79 Å². The number of hydrogen-bond acceptors (Lipinski definition) is 3. The summed E-state index contributed by atoms with van der Waals surface area (Å²) in [6.45, 7) is 0.888. The third-order valence-corrected chi connectivity index (χ3v) is 4.47. The monoisotopic (exact) mass is 371 g/mol. The maximum absolute atomic E-state index is 12.1. The quantitative estimate of drug-likeness (QED) is 0.683. The summed E-state index contributed by atoms with van der Waals surface area (Å²) >= 11 is 5.86. The van der Waals surface area contributed by atoms with E-state index >= 15 is 0 Å². The van der Waals surface area contributed by atoms with E-state index in [4.69, 9.17) is 16.0 Å². The highest BCUT2D eigenvalue weighted by Crippen LogP contribution is 2.25. The van der Waals surface area contributed by atoms with Gasteiger partial charge in [0.25, 0.3) is 0 Å². The molecule has 6 heteroatoms. The molecule has 3 rings (SSSR count). The van der Waals surface area contributed by atoms with Crippen molar-refractivity contribution in [2.24, 2.45) is 0 Å². The Morgan fingerprint density at radius 2 is 1.85 bits per heavy atom. The van der Waals surface area contributed by atoms with Crippen LogP contribution in [0.15, 0.2) is 59.0 Å². The van der Waals surface area contributed by atoms with E-state index in [1.165, 1.54) is 0 Å². The van der Waals surface area contributed by atoms with Crippen molar-refractivity contribution in [2.45, 2.75) is 12.6 Å². The van der Waals surface area contributed by atoms with Crippen LogP contribution >= 0.6 is 11.6 Å². The minimum atomic E-state index is -0.220. The SMILES string of the molecule is CN(C)C(CNC(=O)NCc1ccc(Cl)cc1)c1cc2ccccc2o1. The Morgan fingerprint density at radius 1 is 1.12 bits per heavy atom. The first-order valence-corrected chi connectivity index (χ1v) is 8.82. The average Bonchev–Trinajstić information content (AvgIpc) is 3.04. The van der Waals surface area contributed by atoms with Crippen LogP contribution in [-0.4, -0.2) is 31.6 Å². The Hall–Kier alpha value is -2.50. The molecule has 1 heterocycles. The number of carbonyl (C=O) groups is 1. The number of hydrogen-bond donors (Lipinski definition) is 2. The molecule has 0 saturated carbocycles. The van der Waals surface area contributed by atoms with Gasteiger partial charge in [-0.2, -0.15) is 0 Å². The summed E-state index contributed by atoms with van der Waals surface area (Å²) in [6, 6.07) is 17.0. The van der Waals surface area contributed by atoms with Crippen LogP contribution in [0, 0.1) is 0 Å². The summed E-state index contributed by atoms with van der Waals surface area (Å²) in [5, 5.41) is 7.49. The van der Waals surface area contributed by atoms with Crippen LogP contribution in [0.1, 0.15) is 17.4 Å². The second-order valence-electron chi connectivity index (χ2n) is 6.36. The third kappa shape index (κ3) is 4.56. The molecule has 0 radical (unpaired) electrons. The zero-order valence-corrected chi connectivity index (χ0v) is 15.6. The van der Waals surface area contributed by atoms with Gasteiger partial charge in [0.15, 0.2) is 0 Å². The van der Waals surface area contributed by atoms with Crippen LogP contribution in [0.4, 0.5) is 4.79 Å². The molecule has 2 N–H and O–H groups in total. The number of amides is 2. The maximum Gasteiger partial charge on any atom is 0.315 e. The first kappa shape index (κ1) is 18.3. The van der Waals surface area contributed by atoms with E-state index in [9.17, 15) is 4.79 Å². The summed E-state index contributed by atoms with van der Waals surface area (Å²) < 4.78 is 5.94. The second-order valence-corrected chi connectivity index (χ2v) is 6.79. The van der Waals surface area contributed by atoms with Crippen molar-refractivity contribution < 1.29 is 9.21 Å². The molecule has 0 fully saturated rings. The van der Waals surface area contributed by atoms with E-state index in [-0.39, 0.29) is 12.1 Å². The lowest BCUT2D eigenvalue weighted by Crippen LogP contribution is -2.40. The molecule has 0 bridgehead atoms. The highest BCUT2D eigenvalue weighted by molar-refractivity contribution is 6.30. The lowest BCUT2D eigenvalue weighted by Gasteiger charge is -2.22. The van der Waals surface area contributed by atoms with Gasteiger partial charge in [0.05, 0.1) is 6.04 Å². The fourth-order valence-electron chi connectivity index (χ4n) is 2.74. The topological polar surface area (TPSA) is 57.5 Å². The predicted octanol–water partition coefficient (Wildman–Crippen LogP) is 4.19. The number of rotatable bonds is 6. The molecule has 0 aliphatic heterocycles. The Morgan fingerprint density at radius 3 is 2.54 bits per heavy atom. The molecule has 0 saturated heterocycles. The molecule has 5 nitrogen and oxygen atoms in total. The van der Waals surface area contributed by atoms with Gasteiger partial charge >= 0.3 is 6.03 Å². The smallest absolute Gasteiger partial charge is 0.315 e. The maximum atomic E-state index is 12.1. The molecule has 3 aromatic rings. The number of furan rings is 1. The number of nitrogens with zero attached hydrogens (tertiary/aromatic N) is 1. The van der Waals surface area contributed by atoms with Crippen LogP contribution in [-0.2, 0) is 6.54 Å². The number of likely N-dealkylation sites (N-methyl/N-ethyl adjacent to an activating group) is 1. The average molecular weight is 372 g/mol. The number of urea groups is 1. The van der Waals surface area contributed by atoms with E-state index in [2.05, 4.69) is 10.6 Å². The van der Waals surface area contributed by atoms with Gasteiger partial charge in [-0.3, -0.25) is 4.90 Å². The minimum absolute atomic E-state index is 0.0521. The molecule has 1 aromatic heterocycles. The Kier molecular flexibility index (Phi) is 5.81. The third-order valence-electron chi connectivity index (χ3n) is 4.22. The van der Waals surface area contributed by atoms with Gasteiger partial charge in [-0.15, -0.1) is 0 Å². The Bertz CT molecular complexity index is 841. The van der Waals surface area contributed by atoms with Gasteiger partial charge < -0.3 is 15.1 Å². The van der Waals surface area contributed by atoms with Crippen molar-refractivity contribution in [2.75, 3.05) is 20.6 Å². The second kappa shape index (κ2) is 8.25. The number of fused-ring (bicyclic) bond motifs is 1. The molecule has 0 spiro atoms. The van der Waals surface area contributed by atoms with Crippen LogP contribution in [0.3, 0.4) is 0 Å². The molecule has 1 unspecified atom stereocenters. The lowest BCUT2D eigenvalue weighted by molar-refractivity contribution is 0.226. The standard InChI is InChI=1S/C20H22ClN3O2/c1-24(2)17(19-11-15-5-3-4-6-18(15)26-19)13-23-20(25)22-12-14-7-9-16(21)10-8-14/h3-11,17H,12-13H2,1-2H3,(H2,22,23,25). The van der Waals surface area contributed by atoms with Crippen molar-refractivity contribution in [1.29, 1.82) is 0 Å². The first-order valence-electron chi connectivity index (χ1n) is 8.44. The molecular weight excluding hydrogens is 350 g/mol.